The molecular formula is C15H15N7O2S. The number of anilines is 1. The molecule has 1 saturated heterocycles. The van der Waals surface area contributed by atoms with E-state index in [1.54, 1.807) is 0 Å². The van der Waals surface area contributed by atoms with Gasteiger partial charge in [0.05, 0.1) is 0 Å². The second-order valence-corrected chi connectivity index (χ2v) is 6.55. The molecule has 2 aromatic heterocycles. The molecule has 1 amide bonds. The first-order valence-electron chi connectivity index (χ1n) is 7.84. The molecule has 0 bridgehead atoms. The highest BCUT2D eigenvalue weighted by Crippen LogP contribution is 2.32. The maximum Gasteiger partial charge on any atom is 0.255 e. The molecule has 0 radical (unpaired) electrons. The molecular weight excluding hydrogens is 342 g/mol. The Bertz CT molecular complexity index is 831. The summed E-state index contributed by atoms with van der Waals surface area (Å²) in [5, 5.41) is 23.3. The van der Waals surface area contributed by atoms with E-state index in [-0.39, 0.29) is 12.0 Å². The fourth-order valence-electron chi connectivity index (χ4n) is 2.71. The summed E-state index contributed by atoms with van der Waals surface area (Å²) < 4.78 is 7.01. The molecule has 3 heterocycles. The minimum atomic E-state index is -0.689. The minimum absolute atomic E-state index is 0.0208. The molecule has 128 valence electrons. The van der Waals surface area contributed by atoms with Crippen LogP contribution in [-0.4, -0.2) is 42.9 Å². The number of tetrazole rings is 1. The lowest BCUT2D eigenvalue weighted by atomic mass is 10.1. The van der Waals surface area contributed by atoms with Crippen LogP contribution in [0, 0.1) is 0 Å². The Morgan fingerprint density at radius 3 is 2.92 bits per heavy atom. The summed E-state index contributed by atoms with van der Waals surface area (Å²) in [6.07, 6.45) is 3.34. The van der Waals surface area contributed by atoms with E-state index in [1.165, 1.54) is 22.3 Å². The molecule has 0 spiro atoms. The smallest absolute Gasteiger partial charge is 0.255 e. The lowest BCUT2D eigenvalue weighted by molar-refractivity contribution is -0.118. The normalized spacial score (nSPS) is 18.2. The van der Waals surface area contributed by atoms with Crippen molar-refractivity contribution in [2.24, 2.45) is 0 Å². The van der Waals surface area contributed by atoms with Crippen molar-refractivity contribution < 1.29 is 9.53 Å². The molecule has 0 saturated carbocycles. The van der Waals surface area contributed by atoms with Crippen molar-refractivity contribution in [3.63, 3.8) is 0 Å². The summed E-state index contributed by atoms with van der Waals surface area (Å²) >= 11 is 1.33. The van der Waals surface area contributed by atoms with Crippen molar-refractivity contribution in [1.82, 2.24) is 30.4 Å². The van der Waals surface area contributed by atoms with Gasteiger partial charge in [-0.25, -0.2) is 4.68 Å². The van der Waals surface area contributed by atoms with E-state index in [1.807, 2.05) is 30.3 Å². The fourth-order valence-corrected chi connectivity index (χ4v) is 3.54. The van der Waals surface area contributed by atoms with Crippen molar-refractivity contribution in [3.8, 4) is 0 Å². The van der Waals surface area contributed by atoms with Gasteiger partial charge >= 0.3 is 0 Å². The molecule has 1 aromatic carbocycles. The molecule has 1 fully saturated rings. The van der Waals surface area contributed by atoms with E-state index in [9.17, 15) is 4.79 Å². The maximum atomic E-state index is 12.8. The second kappa shape index (κ2) is 7.03. The predicted molar refractivity (Wildman–Crippen MR) is 88.9 cm³/mol. The van der Waals surface area contributed by atoms with Crippen LogP contribution < -0.4 is 5.32 Å². The summed E-state index contributed by atoms with van der Waals surface area (Å²) in [7, 11) is 0. The van der Waals surface area contributed by atoms with Crippen LogP contribution in [0.1, 0.15) is 35.6 Å². The number of carbonyl (C=O) groups is 1. The number of rotatable bonds is 5. The number of hydrogen-bond acceptors (Lipinski definition) is 8. The van der Waals surface area contributed by atoms with Gasteiger partial charge < -0.3 is 4.74 Å². The lowest BCUT2D eigenvalue weighted by Gasteiger charge is -2.15. The number of aromatic nitrogens is 6. The average Bonchev–Trinajstić information content (AvgIpc) is 3.38. The summed E-state index contributed by atoms with van der Waals surface area (Å²) in [6, 6.07) is 8.62. The summed E-state index contributed by atoms with van der Waals surface area (Å²) in [4.78, 5) is 12.8. The number of amides is 1. The van der Waals surface area contributed by atoms with Crippen LogP contribution in [0.25, 0.3) is 0 Å². The Morgan fingerprint density at radius 1 is 1.32 bits per heavy atom. The Hall–Kier alpha value is -2.72. The van der Waals surface area contributed by atoms with Gasteiger partial charge in [-0.15, -0.1) is 15.3 Å². The van der Waals surface area contributed by atoms with Crippen molar-refractivity contribution in [3.05, 3.63) is 47.2 Å². The minimum Gasteiger partial charge on any atom is -0.371 e. The second-order valence-electron chi connectivity index (χ2n) is 5.54. The quantitative estimate of drug-likeness (QED) is 0.739. The summed E-state index contributed by atoms with van der Waals surface area (Å²) in [6.45, 7) is 0.737. The molecule has 1 N–H and O–H groups in total. The van der Waals surface area contributed by atoms with Crippen molar-refractivity contribution in [1.29, 1.82) is 0 Å². The first-order chi connectivity index (χ1) is 12.3. The van der Waals surface area contributed by atoms with Gasteiger partial charge in [-0.1, -0.05) is 41.7 Å². The van der Waals surface area contributed by atoms with E-state index in [2.05, 4.69) is 31.0 Å². The van der Waals surface area contributed by atoms with Crippen LogP contribution in [-0.2, 0) is 9.53 Å². The molecule has 2 atom stereocenters. The highest BCUT2D eigenvalue weighted by atomic mass is 32.1. The van der Waals surface area contributed by atoms with E-state index in [0.717, 1.165) is 30.0 Å². The Labute approximate surface area is 147 Å². The number of benzene rings is 1. The van der Waals surface area contributed by atoms with Crippen LogP contribution in [0.2, 0.25) is 0 Å². The fraction of sp³-hybridized carbons (Fsp3) is 0.333. The third kappa shape index (κ3) is 3.39. The predicted octanol–water partition coefficient (Wildman–Crippen LogP) is 1.60. The van der Waals surface area contributed by atoms with Gasteiger partial charge in [0.1, 0.15) is 17.4 Å². The monoisotopic (exact) mass is 357 g/mol. The topological polar surface area (TPSA) is 108 Å². The number of nitrogens with zero attached hydrogens (tertiary/aromatic N) is 6. The Balaban J connectivity index is 1.55. The molecule has 2 unspecified atom stereocenters. The molecule has 1 aliphatic rings. The maximum absolute atomic E-state index is 12.8. The van der Waals surface area contributed by atoms with E-state index in [0.29, 0.717) is 5.13 Å². The Morgan fingerprint density at radius 2 is 2.20 bits per heavy atom. The number of ether oxygens (including phenoxy) is 1. The zero-order valence-corrected chi connectivity index (χ0v) is 14.0. The number of nitrogens with one attached hydrogen (secondary N) is 1. The van der Waals surface area contributed by atoms with Crippen LogP contribution in [0.15, 0.2) is 36.7 Å². The van der Waals surface area contributed by atoms with Crippen molar-refractivity contribution in [2.45, 2.75) is 25.0 Å². The standard InChI is InChI=1S/C15H15N7O2S/c23-13(17-15-19-18-14(25-15)11-7-4-8-24-11)12(22-9-16-20-21-22)10-5-2-1-3-6-10/h1-3,5-6,9,11-12H,4,7-8H2,(H,17,19,23). The van der Waals surface area contributed by atoms with Gasteiger partial charge in [0.15, 0.2) is 6.04 Å². The Kier molecular flexibility index (Phi) is 4.44. The highest BCUT2D eigenvalue weighted by Gasteiger charge is 2.26. The highest BCUT2D eigenvalue weighted by molar-refractivity contribution is 7.15. The van der Waals surface area contributed by atoms with Gasteiger partial charge in [-0.3, -0.25) is 10.1 Å². The van der Waals surface area contributed by atoms with Crippen LogP contribution >= 0.6 is 11.3 Å². The first kappa shape index (κ1) is 15.8. The molecule has 4 rings (SSSR count). The van der Waals surface area contributed by atoms with Gasteiger partial charge in [0.25, 0.3) is 5.91 Å². The molecule has 9 nitrogen and oxygen atoms in total. The van der Waals surface area contributed by atoms with Crippen molar-refractivity contribution >= 4 is 22.4 Å². The third-order valence-corrected chi connectivity index (χ3v) is 4.80. The molecule has 1 aliphatic heterocycles. The zero-order valence-electron chi connectivity index (χ0n) is 13.1. The van der Waals surface area contributed by atoms with Crippen LogP contribution in [0.3, 0.4) is 0 Å². The van der Waals surface area contributed by atoms with Crippen LogP contribution in [0.5, 0.6) is 0 Å². The molecule has 3 aromatic rings. The first-order valence-corrected chi connectivity index (χ1v) is 8.66. The van der Waals surface area contributed by atoms with Gasteiger partial charge in [0.2, 0.25) is 5.13 Å². The number of carbonyl (C=O) groups excluding carboxylic acids is 1. The third-order valence-electron chi connectivity index (χ3n) is 3.87. The molecule has 25 heavy (non-hydrogen) atoms. The summed E-state index contributed by atoms with van der Waals surface area (Å²) in [5.41, 5.74) is 0.774. The van der Waals surface area contributed by atoms with E-state index in [4.69, 9.17) is 4.74 Å². The molecule has 0 aliphatic carbocycles. The van der Waals surface area contributed by atoms with Gasteiger partial charge in [-0.05, 0) is 28.8 Å². The SMILES string of the molecule is O=C(Nc1nnc(C2CCCO2)s1)C(c1ccccc1)n1cnnn1. The van der Waals surface area contributed by atoms with E-state index < -0.39 is 6.04 Å². The zero-order chi connectivity index (χ0) is 17.1. The largest absolute Gasteiger partial charge is 0.371 e. The van der Waals surface area contributed by atoms with E-state index >= 15 is 0 Å². The van der Waals surface area contributed by atoms with Gasteiger partial charge in [0, 0.05) is 6.61 Å². The summed E-state index contributed by atoms with van der Waals surface area (Å²) in [5.74, 6) is -0.284. The lowest BCUT2D eigenvalue weighted by Crippen LogP contribution is -2.27. The average molecular weight is 357 g/mol. The van der Waals surface area contributed by atoms with Gasteiger partial charge in [-0.2, -0.15) is 0 Å². The van der Waals surface area contributed by atoms with Crippen molar-refractivity contribution in [2.75, 3.05) is 11.9 Å². The van der Waals surface area contributed by atoms with Crippen LogP contribution in [0.4, 0.5) is 5.13 Å². The molecule has 10 heteroatoms. The number of hydrogen-bond donors (Lipinski definition) is 1.